The van der Waals surface area contributed by atoms with E-state index in [0.29, 0.717) is 16.6 Å². The Kier molecular flexibility index (Phi) is 6.24. The minimum atomic E-state index is -0.844. The van der Waals surface area contributed by atoms with E-state index < -0.39 is 5.97 Å². The number of carbonyl (C=O) groups excluding carboxylic acids is 1. The standard InChI is InChI=1S/C17H15BrO4S/c1-2-22-17(21)14-8-7-13(10-15(14)18)23-12-5-3-11(4-6-12)9-16(19)20/h3-8,10H,2,9H2,1H3,(H,19,20). The zero-order valence-corrected chi connectivity index (χ0v) is 14.8. The average Bonchev–Trinajstić information content (AvgIpc) is 2.49. The second-order valence-corrected chi connectivity index (χ2v) is 6.68. The van der Waals surface area contributed by atoms with Crippen LogP contribution in [0.1, 0.15) is 22.8 Å². The summed E-state index contributed by atoms with van der Waals surface area (Å²) in [6.45, 7) is 2.11. The number of ether oxygens (including phenoxy) is 1. The minimum absolute atomic E-state index is 0.0186. The summed E-state index contributed by atoms with van der Waals surface area (Å²) in [5, 5.41) is 8.76. The Morgan fingerprint density at radius 1 is 1.13 bits per heavy atom. The second-order valence-electron chi connectivity index (χ2n) is 4.68. The summed E-state index contributed by atoms with van der Waals surface area (Å²) in [5.74, 6) is -1.20. The van der Waals surface area contributed by atoms with Gasteiger partial charge in [0.1, 0.15) is 0 Å². The third-order valence-electron chi connectivity index (χ3n) is 2.95. The molecule has 0 aliphatic carbocycles. The molecular weight excluding hydrogens is 380 g/mol. The highest BCUT2D eigenvalue weighted by atomic mass is 79.9. The predicted molar refractivity (Wildman–Crippen MR) is 92.0 cm³/mol. The zero-order valence-electron chi connectivity index (χ0n) is 12.4. The third-order valence-corrected chi connectivity index (χ3v) is 4.60. The topological polar surface area (TPSA) is 63.6 Å². The van der Waals surface area contributed by atoms with Crippen molar-refractivity contribution >= 4 is 39.6 Å². The van der Waals surface area contributed by atoms with Crippen molar-refractivity contribution in [3.63, 3.8) is 0 Å². The first-order valence-electron chi connectivity index (χ1n) is 6.95. The Morgan fingerprint density at radius 3 is 2.35 bits per heavy atom. The number of aliphatic carboxylic acids is 1. The summed E-state index contributed by atoms with van der Waals surface area (Å²) in [5.41, 5.74) is 1.26. The van der Waals surface area contributed by atoms with Gasteiger partial charge in [0.15, 0.2) is 0 Å². The van der Waals surface area contributed by atoms with E-state index in [1.165, 1.54) is 11.8 Å². The van der Waals surface area contributed by atoms with Gasteiger partial charge in [-0.05, 0) is 58.7 Å². The number of benzene rings is 2. The highest BCUT2D eigenvalue weighted by Crippen LogP contribution is 2.31. The van der Waals surface area contributed by atoms with Crippen molar-refractivity contribution in [1.29, 1.82) is 0 Å². The van der Waals surface area contributed by atoms with E-state index in [4.69, 9.17) is 9.84 Å². The molecule has 4 nitrogen and oxygen atoms in total. The predicted octanol–water partition coefficient (Wildman–Crippen LogP) is 4.40. The molecule has 0 unspecified atom stereocenters. The average molecular weight is 395 g/mol. The molecule has 23 heavy (non-hydrogen) atoms. The summed E-state index contributed by atoms with van der Waals surface area (Å²) >= 11 is 4.92. The monoisotopic (exact) mass is 394 g/mol. The lowest BCUT2D eigenvalue weighted by atomic mass is 10.2. The van der Waals surface area contributed by atoms with Crippen LogP contribution in [0.5, 0.6) is 0 Å². The van der Waals surface area contributed by atoms with E-state index in [1.807, 2.05) is 24.3 Å². The van der Waals surface area contributed by atoms with Crippen LogP contribution in [-0.4, -0.2) is 23.7 Å². The van der Waals surface area contributed by atoms with E-state index >= 15 is 0 Å². The molecule has 1 N–H and O–H groups in total. The molecular formula is C17H15BrO4S. The Morgan fingerprint density at radius 2 is 1.78 bits per heavy atom. The fourth-order valence-corrected chi connectivity index (χ4v) is 3.47. The molecule has 0 atom stereocenters. The van der Waals surface area contributed by atoms with Gasteiger partial charge in [0.25, 0.3) is 0 Å². The van der Waals surface area contributed by atoms with Crippen molar-refractivity contribution in [1.82, 2.24) is 0 Å². The van der Waals surface area contributed by atoms with E-state index in [0.717, 1.165) is 15.4 Å². The maximum atomic E-state index is 11.8. The Bertz CT molecular complexity index is 713. The Labute approximate surface area is 147 Å². The van der Waals surface area contributed by atoms with Gasteiger partial charge in [0, 0.05) is 14.3 Å². The molecule has 0 saturated heterocycles. The van der Waals surface area contributed by atoms with E-state index in [2.05, 4.69) is 15.9 Å². The first-order valence-corrected chi connectivity index (χ1v) is 8.55. The third kappa shape index (κ3) is 5.11. The summed E-state index contributed by atoms with van der Waals surface area (Å²) in [4.78, 5) is 24.4. The largest absolute Gasteiger partial charge is 0.481 e. The van der Waals surface area contributed by atoms with Gasteiger partial charge in [0.2, 0.25) is 0 Å². The zero-order chi connectivity index (χ0) is 16.8. The number of carboxylic acids is 1. The van der Waals surface area contributed by atoms with Gasteiger partial charge in [0.05, 0.1) is 18.6 Å². The summed E-state index contributed by atoms with van der Waals surface area (Å²) in [6.07, 6.45) is 0.0186. The number of rotatable bonds is 6. The quantitative estimate of drug-likeness (QED) is 0.735. The van der Waals surface area contributed by atoms with Gasteiger partial charge in [-0.2, -0.15) is 0 Å². The molecule has 2 aromatic carbocycles. The summed E-state index contributed by atoms with van der Waals surface area (Å²) in [6, 6.07) is 12.8. The molecule has 0 saturated carbocycles. The molecule has 120 valence electrons. The smallest absolute Gasteiger partial charge is 0.339 e. The number of carboxylic acid groups (broad SMARTS) is 1. The second kappa shape index (κ2) is 8.17. The van der Waals surface area contributed by atoms with Crippen LogP contribution in [0.3, 0.4) is 0 Å². The molecule has 0 spiro atoms. The van der Waals surface area contributed by atoms with Crippen LogP contribution in [0, 0.1) is 0 Å². The van der Waals surface area contributed by atoms with E-state index in [1.54, 1.807) is 25.1 Å². The molecule has 0 aliphatic heterocycles. The first kappa shape index (κ1) is 17.6. The van der Waals surface area contributed by atoms with Crippen molar-refractivity contribution in [3.05, 3.63) is 58.1 Å². The maximum absolute atomic E-state index is 11.8. The molecule has 2 rings (SSSR count). The molecule has 0 aliphatic rings. The van der Waals surface area contributed by atoms with Gasteiger partial charge in [-0.15, -0.1) is 0 Å². The van der Waals surface area contributed by atoms with Crippen LogP contribution >= 0.6 is 27.7 Å². The summed E-state index contributed by atoms with van der Waals surface area (Å²) < 4.78 is 5.67. The first-order chi connectivity index (χ1) is 11.0. The normalized spacial score (nSPS) is 10.3. The molecule has 0 fully saturated rings. The number of halogens is 1. The molecule has 0 aromatic heterocycles. The number of hydrogen-bond donors (Lipinski definition) is 1. The van der Waals surface area contributed by atoms with Crippen molar-refractivity contribution in [3.8, 4) is 0 Å². The van der Waals surface area contributed by atoms with Crippen LogP contribution in [0.15, 0.2) is 56.7 Å². The lowest BCUT2D eigenvalue weighted by molar-refractivity contribution is -0.136. The van der Waals surface area contributed by atoms with E-state index in [9.17, 15) is 9.59 Å². The van der Waals surface area contributed by atoms with Gasteiger partial charge < -0.3 is 9.84 Å². The molecule has 0 radical (unpaired) electrons. The molecule has 2 aromatic rings. The lowest BCUT2D eigenvalue weighted by Crippen LogP contribution is -2.05. The van der Waals surface area contributed by atoms with Gasteiger partial charge in [-0.1, -0.05) is 23.9 Å². The van der Waals surface area contributed by atoms with Crippen LogP contribution in [0.25, 0.3) is 0 Å². The number of carbonyl (C=O) groups is 2. The fraction of sp³-hybridized carbons (Fsp3) is 0.176. The van der Waals surface area contributed by atoms with Crippen molar-refractivity contribution in [2.45, 2.75) is 23.1 Å². The highest BCUT2D eigenvalue weighted by Gasteiger charge is 2.11. The van der Waals surface area contributed by atoms with Gasteiger partial charge in [-0.25, -0.2) is 4.79 Å². The van der Waals surface area contributed by atoms with E-state index in [-0.39, 0.29) is 12.4 Å². The Hall–Kier alpha value is -1.79. The maximum Gasteiger partial charge on any atom is 0.339 e. The van der Waals surface area contributed by atoms with Crippen LogP contribution < -0.4 is 0 Å². The molecule has 6 heteroatoms. The minimum Gasteiger partial charge on any atom is -0.481 e. The van der Waals surface area contributed by atoms with Gasteiger partial charge >= 0.3 is 11.9 Å². The highest BCUT2D eigenvalue weighted by molar-refractivity contribution is 9.10. The van der Waals surface area contributed by atoms with Crippen LogP contribution in [0.2, 0.25) is 0 Å². The van der Waals surface area contributed by atoms with Gasteiger partial charge in [-0.3, -0.25) is 4.79 Å². The SMILES string of the molecule is CCOC(=O)c1ccc(Sc2ccc(CC(=O)O)cc2)cc1Br. The van der Waals surface area contributed by atoms with Crippen LogP contribution in [0.4, 0.5) is 0 Å². The van der Waals surface area contributed by atoms with Crippen molar-refractivity contribution in [2.75, 3.05) is 6.61 Å². The Balaban J connectivity index is 2.10. The van der Waals surface area contributed by atoms with Crippen molar-refractivity contribution < 1.29 is 19.4 Å². The van der Waals surface area contributed by atoms with Crippen LogP contribution in [-0.2, 0) is 16.0 Å². The molecule has 0 amide bonds. The summed E-state index contributed by atoms with van der Waals surface area (Å²) in [7, 11) is 0. The fourth-order valence-electron chi connectivity index (χ4n) is 1.92. The number of hydrogen-bond acceptors (Lipinski definition) is 4. The van der Waals surface area contributed by atoms with Crippen molar-refractivity contribution in [2.24, 2.45) is 0 Å². The molecule has 0 heterocycles. The number of esters is 1. The molecule has 0 bridgehead atoms. The lowest BCUT2D eigenvalue weighted by Gasteiger charge is -2.07.